The highest BCUT2D eigenvalue weighted by atomic mass is 16.6. The van der Waals surface area contributed by atoms with Gasteiger partial charge in [-0.2, -0.15) is 0 Å². The lowest BCUT2D eigenvalue weighted by Gasteiger charge is -2.40. The van der Waals surface area contributed by atoms with Crippen LogP contribution >= 0.6 is 0 Å². The molecule has 108 valence electrons. The number of aliphatic hydroxyl groups excluding tert-OH is 4. The van der Waals surface area contributed by atoms with Gasteiger partial charge in [-0.1, -0.05) is 18.2 Å². The summed E-state index contributed by atoms with van der Waals surface area (Å²) in [6.45, 7) is -0.430. The second-order valence-corrected chi connectivity index (χ2v) is 5.00. The molecule has 20 heavy (non-hydrogen) atoms. The maximum atomic E-state index is 10.1. The molecule has 0 radical (unpaired) electrons. The zero-order valence-electron chi connectivity index (χ0n) is 10.7. The van der Waals surface area contributed by atoms with Crippen molar-refractivity contribution in [3.63, 3.8) is 0 Å². The Labute approximate surface area is 115 Å². The molecular weight excluding hydrogens is 262 g/mol. The Balaban J connectivity index is 2.00. The van der Waals surface area contributed by atoms with Crippen LogP contribution in [0.1, 0.15) is 6.23 Å². The number of para-hydroxylation sites is 1. The molecule has 0 bridgehead atoms. The number of rotatable bonds is 2. The van der Waals surface area contributed by atoms with Gasteiger partial charge in [-0.3, -0.25) is 0 Å². The van der Waals surface area contributed by atoms with Gasteiger partial charge in [0.25, 0.3) is 0 Å². The lowest BCUT2D eigenvalue weighted by molar-refractivity contribution is -0.250. The third kappa shape index (κ3) is 2.02. The Kier molecular flexibility index (Phi) is 3.49. The van der Waals surface area contributed by atoms with E-state index in [2.05, 4.69) is 0 Å². The van der Waals surface area contributed by atoms with Crippen LogP contribution < -0.4 is 0 Å². The van der Waals surface area contributed by atoms with Gasteiger partial charge in [-0.25, -0.2) is 0 Å². The second-order valence-electron chi connectivity index (χ2n) is 5.00. The fraction of sp³-hybridized carbons (Fsp3) is 0.429. The number of benzene rings is 1. The number of ether oxygens (including phenoxy) is 1. The van der Waals surface area contributed by atoms with Crippen molar-refractivity contribution in [1.29, 1.82) is 0 Å². The summed E-state index contributed by atoms with van der Waals surface area (Å²) in [5, 5.41) is 39.9. The SMILES string of the molecule is OC[C@H]1OC(n2ccc3ccccc32)[C@H](O)[C@@H](O)[C@@H]1O. The zero-order chi connectivity index (χ0) is 14.3. The van der Waals surface area contributed by atoms with Crippen molar-refractivity contribution in [3.8, 4) is 0 Å². The molecule has 2 heterocycles. The fourth-order valence-electron chi connectivity index (χ4n) is 2.64. The molecule has 6 nitrogen and oxygen atoms in total. The van der Waals surface area contributed by atoms with Crippen LogP contribution in [0.4, 0.5) is 0 Å². The van der Waals surface area contributed by atoms with E-state index < -0.39 is 37.3 Å². The van der Waals surface area contributed by atoms with Crippen LogP contribution in [0.5, 0.6) is 0 Å². The Bertz CT molecular complexity index is 596. The standard InChI is InChI=1S/C14H17NO5/c16-7-10-11(17)12(18)13(19)14(20-10)15-6-5-8-3-1-2-4-9(8)15/h1-6,10-14,16-19H,7H2/t10-,11-,12+,13-,14?/m1/s1. The largest absolute Gasteiger partial charge is 0.394 e. The molecule has 1 saturated heterocycles. The summed E-state index contributed by atoms with van der Waals surface area (Å²) < 4.78 is 7.23. The van der Waals surface area contributed by atoms with Crippen LogP contribution in [0, 0.1) is 0 Å². The summed E-state index contributed by atoms with van der Waals surface area (Å²) in [5.74, 6) is 0. The van der Waals surface area contributed by atoms with Crippen molar-refractivity contribution in [1.82, 2.24) is 4.57 Å². The van der Waals surface area contributed by atoms with Gasteiger partial charge in [-0.05, 0) is 17.5 Å². The summed E-state index contributed by atoms with van der Waals surface area (Å²) in [5.41, 5.74) is 0.844. The molecule has 1 fully saturated rings. The van der Waals surface area contributed by atoms with E-state index in [1.54, 1.807) is 10.8 Å². The van der Waals surface area contributed by atoms with Gasteiger partial charge in [0.2, 0.25) is 0 Å². The van der Waals surface area contributed by atoms with E-state index in [9.17, 15) is 20.4 Å². The Hall–Kier alpha value is -1.44. The van der Waals surface area contributed by atoms with E-state index in [4.69, 9.17) is 4.74 Å². The van der Waals surface area contributed by atoms with E-state index >= 15 is 0 Å². The van der Waals surface area contributed by atoms with Gasteiger partial charge in [-0.15, -0.1) is 0 Å². The summed E-state index contributed by atoms with van der Waals surface area (Å²) in [4.78, 5) is 0. The highest BCUT2D eigenvalue weighted by Crippen LogP contribution is 2.31. The number of hydrogen-bond acceptors (Lipinski definition) is 5. The number of aromatic nitrogens is 1. The van der Waals surface area contributed by atoms with Crippen LogP contribution in [0.15, 0.2) is 36.5 Å². The number of fused-ring (bicyclic) bond motifs is 1. The van der Waals surface area contributed by atoms with Gasteiger partial charge in [0, 0.05) is 6.20 Å². The summed E-state index contributed by atoms with van der Waals surface area (Å²) in [7, 11) is 0. The molecule has 1 aliphatic rings. The van der Waals surface area contributed by atoms with Crippen LogP contribution in [0.25, 0.3) is 10.9 Å². The smallest absolute Gasteiger partial charge is 0.163 e. The quantitative estimate of drug-likeness (QED) is 0.601. The molecule has 2 aromatic rings. The van der Waals surface area contributed by atoms with Gasteiger partial charge < -0.3 is 29.7 Å². The monoisotopic (exact) mass is 279 g/mol. The van der Waals surface area contributed by atoms with E-state index in [0.29, 0.717) is 0 Å². The molecular formula is C14H17NO5. The minimum absolute atomic E-state index is 0.430. The van der Waals surface area contributed by atoms with Crippen LogP contribution in [0.2, 0.25) is 0 Å². The molecule has 1 aliphatic heterocycles. The number of hydrogen-bond donors (Lipinski definition) is 4. The lowest BCUT2D eigenvalue weighted by Crippen LogP contribution is -2.56. The highest BCUT2D eigenvalue weighted by Gasteiger charge is 2.44. The Morgan fingerprint density at radius 2 is 1.75 bits per heavy atom. The normalized spacial score (nSPS) is 34.5. The molecule has 1 aromatic heterocycles. The second kappa shape index (κ2) is 5.16. The first-order valence-electron chi connectivity index (χ1n) is 6.49. The van der Waals surface area contributed by atoms with Crippen molar-refractivity contribution >= 4 is 10.9 Å². The molecule has 3 rings (SSSR count). The van der Waals surface area contributed by atoms with Crippen molar-refractivity contribution < 1.29 is 25.2 Å². The number of nitrogens with zero attached hydrogens (tertiary/aromatic N) is 1. The zero-order valence-corrected chi connectivity index (χ0v) is 10.7. The first kappa shape index (κ1) is 13.5. The lowest BCUT2D eigenvalue weighted by atomic mass is 9.98. The Morgan fingerprint density at radius 1 is 1.00 bits per heavy atom. The average molecular weight is 279 g/mol. The molecule has 1 unspecified atom stereocenters. The van der Waals surface area contributed by atoms with E-state index in [0.717, 1.165) is 10.9 Å². The van der Waals surface area contributed by atoms with Crippen LogP contribution in [0.3, 0.4) is 0 Å². The molecule has 4 N–H and O–H groups in total. The topological polar surface area (TPSA) is 95.1 Å². The Morgan fingerprint density at radius 3 is 2.50 bits per heavy atom. The molecule has 0 amide bonds. The molecule has 0 spiro atoms. The molecule has 1 aromatic carbocycles. The first-order valence-corrected chi connectivity index (χ1v) is 6.49. The predicted molar refractivity (Wildman–Crippen MR) is 71.0 cm³/mol. The van der Waals surface area contributed by atoms with E-state index in [1.165, 1.54) is 0 Å². The molecule has 6 heteroatoms. The minimum Gasteiger partial charge on any atom is -0.394 e. The maximum absolute atomic E-state index is 10.1. The van der Waals surface area contributed by atoms with Crippen molar-refractivity contribution in [2.24, 2.45) is 0 Å². The minimum atomic E-state index is -1.37. The van der Waals surface area contributed by atoms with Crippen molar-refractivity contribution in [2.75, 3.05) is 6.61 Å². The summed E-state index contributed by atoms with van der Waals surface area (Å²) >= 11 is 0. The first-order chi connectivity index (χ1) is 9.63. The third-order valence-electron chi connectivity index (χ3n) is 3.77. The fourth-order valence-corrected chi connectivity index (χ4v) is 2.64. The average Bonchev–Trinajstić information content (AvgIpc) is 2.89. The molecule has 5 atom stereocenters. The van der Waals surface area contributed by atoms with Crippen molar-refractivity contribution in [2.45, 2.75) is 30.6 Å². The van der Waals surface area contributed by atoms with Crippen LogP contribution in [-0.2, 0) is 4.74 Å². The van der Waals surface area contributed by atoms with Gasteiger partial charge >= 0.3 is 0 Å². The highest BCUT2D eigenvalue weighted by molar-refractivity contribution is 5.80. The van der Waals surface area contributed by atoms with Crippen LogP contribution in [-0.4, -0.2) is 56.0 Å². The molecule has 0 saturated carbocycles. The maximum Gasteiger partial charge on any atom is 0.163 e. The molecule has 0 aliphatic carbocycles. The van der Waals surface area contributed by atoms with E-state index in [-0.39, 0.29) is 0 Å². The number of aliphatic hydroxyl groups is 4. The van der Waals surface area contributed by atoms with E-state index in [1.807, 2.05) is 30.3 Å². The van der Waals surface area contributed by atoms with Gasteiger partial charge in [0.15, 0.2) is 6.23 Å². The summed E-state index contributed by atoms with van der Waals surface area (Å²) in [6, 6.07) is 9.44. The van der Waals surface area contributed by atoms with Gasteiger partial charge in [0.05, 0.1) is 12.1 Å². The van der Waals surface area contributed by atoms with Crippen molar-refractivity contribution in [3.05, 3.63) is 36.5 Å². The van der Waals surface area contributed by atoms with Gasteiger partial charge in [0.1, 0.15) is 24.4 Å². The predicted octanol–water partition coefficient (Wildman–Crippen LogP) is -0.386. The third-order valence-corrected chi connectivity index (χ3v) is 3.77. The summed E-state index contributed by atoms with van der Waals surface area (Å²) in [6.07, 6.45) is -3.99.